The molecular formula is C16H21NO. The number of hydrogen-bond donors (Lipinski definition) is 0. The zero-order chi connectivity index (χ0) is 12.7. The Morgan fingerprint density at radius 3 is 2.56 bits per heavy atom. The maximum Gasteiger partial charge on any atom is 0.167 e. The first-order chi connectivity index (χ1) is 8.66. The second-order valence-corrected chi connectivity index (χ2v) is 5.86. The Bertz CT molecular complexity index is 472. The van der Waals surface area contributed by atoms with Crippen molar-refractivity contribution in [3.8, 4) is 0 Å². The van der Waals surface area contributed by atoms with E-state index in [-0.39, 0.29) is 5.92 Å². The topological polar surface area (TPSA) is 20.3 Å². The number of nitrogens with zero attached hydrogens (tertiary/aromatic N) is 1. The smallest absolute Gasteiger partial charge is 0.167 e. The fourth-order valence-electron chi connectivity index (χ4n) is 3.48. The van der Waals surface area contributed by atoms with Crippen LogP contribution in [0.1, 0.15) is 34.3 Å². The Morgan fingerprint density at radius 1 is 1.22 bits per heavy atom. The SMILES string of the molecule is Cc1cccc(C(=O)C2CN3CCC2CC3)c1C. The van der Waals surface area contributed by atoms with Gasteiger partial charge in [-0.3, -0.25) is 4.79 Å². The average molecular weight is 243 g/mol. The summed E-state index contributed by atoms with van der Waals surface area (Å²) in [6, 6.07) is 6.10. The third-order valence-electron chi connectivity index (χ3n) is 4.86. The summed E-state index contributed by atoms with van der Waals surface area (Å²) in [4.78, 5) is 15.2. The van der Waals surface area contributed by atoms with Crippen LogP contribution >= 0.6 is 0 Å². The molecule has 3 heterocycles. The summed E-state index contributed by atoms with van der Waals surface area (Å²) in [6.07, 6.45) is 2.42. The molecule has 3 saturated heterocycles. The molecule has 0 saturated carbocycles. The van der Waals surface area contributed by atoms with Crippen LogP contribution in [0.3, 0.4) is 0 Å². The summed E-state index contributed by atoms with van der Waals surface area (Å²) >= 11 is 0. The number of piperidine rings is 3. The molecule has 3 aliphatic rings. The lowest BCUT2D eigenvalue weighted by atomic mass is 9.75. The van der Waals surface area contributed by atoms with Crippen LogP contribution in [0.15, 0.2) is 18.2 Å². The fourth-order valence-corrected chi connectivity index (χ4v) is 3.48. The molecule has 2 heteroatoms. The standard InChI is InChI=1S/C16H21NO/c1-11-4-3-5-14(12(11)2)16(18)15-10-17-8-6-13(15)7-9-17/h3-5,13,15H,6-10H2,1-2H3. The van der Waals surface area contributed by atoms with Crippen molar-refractivity contribution in [2.45, 2.75) is 26.7 Å². The Morgan fingerprint density at radius 2 is 1.94 bits per heavy atom. The first-order valence-corrected chi connectivity index (χ1v) is 6.99. The van der Waals surface area contributed by atoms with Crippen molar-refractivity contribution in [1.29, 1.82) is 0 Å². The average Bonchev–Trinajstić information content (AvgIpc) is 2.42. The molecular weight excluding hydrogens is 222 g/mol. The van der Waals surface area contributed by atoms with E-state index in [0.717, 1.165) is 12.1 Å². The summed E-state index contributed by atoms with van der Waals surface area (Å²) in [5.41, 5.74) is 3.34. The van der Waals surface area contributed by atoms with Gasteiger partial charge >= 0.3 is 0 Å². The van der Waals surface area contributed by atoms with E-state index in [9.17, 15) is 4.79 Å². The summed E-state index contributed by atoms with van der Waals surface area (Å²) < 4.78 is 0. The van der Waals surface area contributed by atoms with Crippen molar-refractivity contribution in [3.63, 3.8) is 0 Å². The molecule has 2 nitrogen and oxygen atoms in total. The Labute approximate surface area is 109 Å². The van der Waals surface area contributed by atoms with Crippen molar-refractivity contribution >= 4 is 5.78 Å². The van der Waals surface area contributed by atoms with Crippen molar-refractivity contribution in [2.24, 2.45) is 11.8 Å². The summed E-state index contributed by atoms with van der Waals surface area (Å²) in [7, 11) is 0. The molecule has 0 N–H and O–H groups in total. The number of Topliss-reactive ketones (excluding diaryl/α,β-unsaturated/α-hetero) is 1. The maximum atomic E-state index is 12.7. The number of ketones is 1. The van der Waals surface area contributed by atoms with E-state index in [2.05, 4.69) is 24.8 Å². The van der Waals surface area contributed by atoms with Crippen LogP contribution in [0, 0.1) is 25.7 Å². The number of rotatable bonds is 2. The minimum atomic E-state index is 0.244. The van der Waals surface area contributed by atoms with Crippen LogP contribution in [-0.4, -0.2) is 30.3 Å². The van der Waals surface area contributed by atoms with E-state index in [4.69, 9.17) is 0 Å². The molecule has 3 aliphatic heterocycles. The normalized spacial score (nSPS) is 30.4. The van der Waals surface area contributed by atoms with Crippen LogP contribution in [0.2, 0.25) is 0 Å². The molecule has 18 heavy (non-hydrogen) atoms. The van der Waals surface area contributed by atoms with E-state index in [1.165, 1.54) is 37.1 Å². The molecule has 1 aromatic rings. The zero-order valence-electron chi connectivity index (χ0n) is 11.3. The van der Waals surface area contributed by atoms with Gasteiger partial charge in [0, 0.05) is 18.0 Å². The fraction of sp³-hybridized carbons (Fsp3) is 0.562. The monoisotopic (exact) mass is 243 g/mol. The maximum absolute atomic E-state index is 12.7. The lowest BCUT2D eigenvalue weighted by molar-refractivity contribution is 0.0418. The van der Waals surface area contributed by atoms with E-state index >= 15 is 0 Å². The highest BCUT2D eigenvalue weighted by Gasteiger charge is 2.38. The first-order valence-electron chi connectivity index (χ1n) is 6.99. The second kappa shape index (κ2) is 4.51. The predicted octanol–water partition coefficient (Wildman–Crippen LogP) is 2.83. The number of benzene rings is 1. The number of carbonyl (C=O) groups is 1. The van der Waals surface area contributed by atoms with Crippen LogP contribution in [0.5, 0.6) is 0 Å². The van der Waals surface area contributed by atoms with Gasteiger partial charge in [-0.15, -0.1) is 0 Å². The van der Waals surface area contributed by atoms with E-state index in [1.807, 2.05) is 12.1 Å². The molecule has 96 valence electrons. The first kappa shape index (κ1) is 11.9. The highest BCUT2D eigenvalue weighted by molar-refractivity contribution is 5.99. The number of hydrogen-bond acceptors (Lipinski definition) is 2. The molecule has 2 bridgehead atoms. The van der Waals surface area contributed by atoms with Gasteiger partial charge in [0.25, 0.3) is 0 Å². The Hall–Kier alpha value is -1.15. The lowest BCUT2D eigenvalue weighted by Gasteiger charge is -2.44. The third kappa shape index (κ3) is 1.89. The zero-order valence-corrected chi connectivity index (χ0v) is 11.3. The van der Waals surface area contributed by atoms with Crippen LogP contribution in [0.4, 0.5) is 0 Å². The molecule has 0 radical (unpaired) electrons. The second-order valence-electron chi connectivity index (χ2n) is 5.86. The number of fused-ring (bicyclic) bond motifs is 3. The third-order valence-corrected chi connectivity index (χ3v) is 4.86. The molecule has 0 spiro atoms. The number of aryl methyl sites for hydroxylation is 1. The van der Waals surface area contributed by atoms with E-state index in [0.29, 0.717) is 11.7 Å². The van der Waals surface area contributed by atoms with Crippen LogP contribution in [0.25, 0.3) is 0 Å². The van der Waals surface area contributed by atoms with Crippen LogP contribution < -0.4 is 0 Å². The van der Waals surface area contributed by atoms with Crippen LogP contribution in [-0.2, 0) is 0 Å². The Kier molecular flexibility index (Phi) is 2.98. The van der Waals surface area contributed by atoms with Gasteiger partial charge in [-0.1, -0.05) is 18.2 Å². The molecule has 0 amide bonds. The van der Waals surface area contributed by atoms with Gasteiger partial charge in [0.15, 0.2) is 5.78 Å². The van der Waals surface area contributed by atoms with Gasteiger partial charge in [-0.05, 0) is 56.8 Å². The highest BCUT2D eigenvalue weighted by atomic mass is 16.1. The summed E-state index contributed by atoms with van der Waals surface area (Å²) in [6.45, 7) is 7.53. The lowest BCUT2D eigenvalue weighted by Crippen LogP contribution is -2.50. The largest absolute Gasteiger partial charge is 0.303 e. The molecule has 4 rings (SSSR count). The van der Waals surface area contributed by atoms with Crippen molar-refractivity contribution < 1.29 is 4.79 Å². The molecule has 1 aromatic carbocycles. The summed E-state index contributed by atoms with van der Waals surface area (Å²) in [5, 5.41) is 0. The van der Waals surface area contributed by atoms with Crippen molar-refractivity contribution in [2.75, 3.05) is 19.6 Å². The van der Waals surface area contributed by atoms with Gasteiger partial charge in [0.2, 0.25) is 0 Å². The van der Waals surface area contributed by atoms with Gasteiger partial charge in [0.05, 0.1) is 0 Å². The van der Waals surface area contributed by atoms with Crippen molar-refractivity contribution in [3.05, 3.63) is 34.9 Å². The predicted molar refractivity (Wildman–Crippen MR) is 72.9 cm³/mol. The molecule has 0 aromatic heterocycles. The highest BCUT2D eigenvalue weighted by Crippen LogP contribution is 2.34. The molecule has 0 aliphatic carbocycles. The quantitative estimate of drug-likeness (QED) is 0.744. The van der Waals surface area contributed by atoms with E-state index < -0.39 is 0 Å². The van der Waals surface area contributed by atoms with Gasteiger partial charge in [-0.25, -0.2) is 0 Å². The minimum absolute atomic E-state index is 0.244. The van der Waals surface area contributed by atoms with E-state index in [1.54, 1.807) is 0 Å². The molecule has 1 atom stereocenters. The summed E-state index contributed by atoms with van der Waals surface area (Å²) in [5.74, 6) is 1.25. The molecule has 1 unspecified atom stereocenters. The van der Waals surface area contributed by atoms with Gasteiger partial charge in [0.1, 0.15) is 0 Å². The Balaban J connectivity index is 1.88. The molecule has 3 fully saturated rings. The van der Waals surface area contributed by atoms with Gasteiger partial charge < -0.3 is 4.90 Å². The number of carbonyl (C=O) groups excluding carboxylic acids is 1. The minimum Gasteiger partial charge on any atom is -0.303 e. The van der Waals surface area contributed by atoms with Crippen molar-refractivity contribution in [1.82, 2.24) is 4.90 Å². The van der Waals surface area contributed by atoms with Gasteiger partial charge in [-0.2, -0.15) is 0 Å².